The Kier molecular flexibility index (Phi) is 3.82. The molecule has 0 radical (unpaired) electrons. The normalized spacial score (nSPS) is 10.9. The van der Waals surface area contributed by atoms with Crippen LogP contribution in [0.5, 0.6) is 5.75 Å². The summed E-state index contributed by atoms with van der Waals surface area (Å²) in [6, 6.07) is 24.4. The average molecular weight is 379 g/mol. The van der Waals surface area contributed by atoms with E-state index in [9.17, 15) is 0 Å². The Morgan fingerprint density at radius 1 is 0.875 bits per heavy atom. The Hall–Kier alpha value is -2.59. The number of imidazole rings is 1. The Morgan fingerprint density at radius 3 is 2.29 bits per heavy atom. The Bertz CT molecular complexity index is 989. The minimum Gasteiger partial charge on any atom is -0.497 e. The number of halogens is 1. The maximum atomic E-state index is 5.27. The number of methoxy groups -OCH3 is 1. The molecule has 118 valence electrons. The van der Waals surface area contributed by atoms with E-state index in [1.807, 2.05) is 42.5 Å². The molecule has 0 aliphatic heterocycles. The number of ether oxygens (including phenoxy) is 1. The van der Waals surface area contributed by atoms with Gasteiger partial charge < -0.3 is 4.74 Å². The Balaban J connectivity index is 1.97. The highest BCUT2D eigenvalue weighted by molar-refractivity contribution is 9.10. The van der Waals surface area contributed by atoms with Crippen LogP contribution < -0.4 is 4.74 Å². The van der Waals surface area contributed by atoms with Crippen LogP contribution in [0.2, 0.25) is 0 Å². The molecule has 0 aliphatic carbocycles. The monoisotopic (exact) mass is 378 g/mol. The molecule has 0 saturated carbocycles. The highest BCUT2D eigenvalue weighted by atomic mass is 79.9. The fourth-order valence-corrected chi connectivity index (χ4v) is 3.08. The molecule has 1 heterocycles. The van der Waals surface area contributed by atoms with Gasteiger partial charge in [0.05, 0.1) is 18.1 Å². The van der Waals surface area contributed by atoms with Gasteiger partial charge in [0.1, 0.15) is 11.6 Å². The van der Waals surface area contributed by atoms with Crippen molar-refractivity contribution in [2.45, 2.75) is 0 Å². The van der Waals surface area contributed by atoms with E-state index >= 15 is 0 Å². The molecule has 4 aromatic rings. The summed E-state index contributed by atoms with van der Waals surface area (Å²) in [5, 5.41) is 0. The van der Waals surface area contributed by atoms with E-state index in [0.29, 0.717) is 0 Å². The van der Waals surface area contributed by atoms with E-state index in [2.05, 4.69) is 50.8 Å². The van der Waals surface area contributed by atoms with Crippen LogP contribution in [0, 0.1) is 0 Å². The molecule has 0 spiro atoms. The van der Waals surface area contributed by atoms with Crippen LogP contribution in [0.1, 0.15) is 0 Å². The minimum absolute atomic E-state index is 0.841. The largest absolute Gasteiger partial charge is 0.497 e. The zero-order valence-electron chi connectivity index (χ0n) is 13.1. The Morgan fingerprint density at radius 2 is 1.58 bits per heavy atom. The number of para-hydroxylation sites is 2. The summed E-state index contributed by atoms with van der Waals surface area (Å²) in [6.45, 7) is 0. The smallest absolute Gasteiger partial charge is 0.145 e. The summed E-state index contributed by atoms with van der Waals surface area (Å²) in [4.78, 5) is 4.85. The molecular formula is C20H15BrN2O. The number of aromatic nitrogens is 2. The quantitative estimate of drug-likeness (QED) is 0.472. The molecule has 3 nitrogen and oxygen atoms in total. The number of fused-ring (bicyclic) bond motifs is 1. The van der Waals surface area contributed by atoms with E-state index in [1.165, 1.54) is 0 Å². The maximum Gasteiger partial charge on any atom is 0.145 e. The van der Waals surface area contributed by atoms with Gasteiger partial charge in [-0.05, 0) is 48.5 Å². The second-order valence-electron chi connectivity index (χ2n) is 5.46. The first-order valence-corrected chi connectivity index (χ1v) is 8.43. The SMILES string of the molecule is COc1ccc(-n2c(-c3ccc(Br)cc3)nc3ccccc32)cc1. The lowest BCUT2D eigenvalue weighted by atomic mass is 10.2. The molecule has 0 N–H and O–H groups in total. The summed E-state index contributed by atoms with van der Waals surface area (Å²) in [5.41, 5.74) is 4.19. The van der Waals surface area contributed by atoms with Crippen LogP contribution in [0.15, 0.2) is 77.3 Å². The lowest BCUT2D eigenvalue weighted by Gasteiger charge is -2.10. The van der Waals surface area contributed by atoms with Gasteiger partial charge in [-0.1, -0.05) is 40.2 Å². The summed E-state index contributed by atoms with van der Waals surface area (Å²) in [6.07, 6.45) is 0. The molecule has 1 aromatic heterocycles. The zero-order valence-corrected chi connectivity index (χ0v) is 14.7. The lowest BCUT2D eigenvalue weighted by molar-refractivity contribution is 0.415. The molecule has 3 aromatic carbocycles. The van der Waals surface area contributed by atoms with Gasteiger partial charge in [0, 0.05) is 15.7 Å². The van der Waals surface area contributed by atoms with Crippen LogP contribution >= 0.6 is 15.9 Å². The van der Waals surface area contributed by atoms with Gasteiger partial charge in [-0.2, -0.15) is 0 Å². The third-order valence-electron chi connectivity index (χ3n) is 3.99. The van der Waals surface area contributed by atoms with Crippen molar-refractivity contribution in [1.29, 1.82) is 0 Å². The standard InChI is InChI=1S/C20H15BrN2O/c1-24-17-12-10-16(11-13-17)23-19-5-3-2-4-18(19)22-20(23)14-6-8-15(21)9-7-14/h2-13H,1H3. The van der Waals surface area contributed by atoms with E-state index in [0.717, 1.165) is 38.3 Å². The van der Waals surface area contributed by atoms with Gasteiger partial charge >= 0.3 is 0 Å². The van der Waals surface area contributed by atoms with Crippen LogP contribution in [0.4, 0.5) is 0 Å². The van der Waals surface area contributed by atoms with Crippen molar-refractivity contribution >= 4 is 27.0 Å². The number of hydrogen-bond acceptors (Lipinski definition) is 2. The third kappa shape index (κ3) is 2.59. The van der Waals surface area contributed by atoms with Crippen molar-refractivity contribution in [3.63, 3.8) is 0 Å². The molecule has 24 heavy (non-hydrogen) atoms. The van der Waals surface area contributed by atoms with Crippen LogP contribution in [-0.4, -0.2) is 16.7 Å². The zero-order chi connectivity index (χ0) is 16.5. The van der Waals surface area contributed by atoms with Gasteiger partial charge in [0.2, 0.25) is 0 Å². The topological polar surface area (TPSA) is 27.1 Å². The first kappa shape index (κ1) is 15.0. The second-order valence-corrected chi connectivity index (χ2v) is 6.38. The molecule has 4 heteroatoms. The fraction of sp³-hybridized carbons (Fsp3) is 0.0500. The third-order valence-corrected chi connectivity index (χ3v) is 4.52. The number of hydrogen-bond donors (Lipinski definition) is 0. The number of nitrogens with zero attached hydrogens (tertiary/aromatic N) is 2. The highest BCUT2D eigenvalue weighted by Gasteiger charge is 2.14. The predicted molar refractivity (Wildman–Crippen MR) is 101 cm³/mol. The van der Waals surface area contributed by atoms with E-state index < -0.39 is 0 Å². The maximum absolute atomic E-state index is 5.27. The van der Waals surface area contributed by atoms with E-state index in [-0.39, 0.29) is 0 Å². The molecule has 4 rings (SSSR count). The van der Waals surface area contributed by atoms with Gasteiger partial charge in [-0.3, -0.25) is 4.57 Å². The van der Waals surface area contributed by atoms with E-state index in [4.69, 9.17) is 9.72 Å². The molecule has 0 atom stereocenters. The predicted octanol–water partition coefficient (Wildman–Crippen LogP) is 5.46. The molecule has 0 saturated heterocycles. The molecule has 0 amide bonds. The van der Waals surface area contributed by atoms with Crippen molar-refractivity contribution in [2.24, 2.45) is 0 Å². The average Bonchev–Trinajstić information content (AvgIpc) is 3.02. The van der Waals surface area contributed by atoms with Crippen molar-refractivity contribution in [2.75, 3.05) is 7.11 Å². The first-order chi connectivity index (χ1) is 11.8. The molecule has 0 bridgehead atoms. The lowest BCUT2D eigenvalue weighted by Crippen LogP contribution is -1.97. The van der Waals surface area contributed by atoms with Crippen LogP contribution in [-0.2, 0) is 0 Å². The summed E-state index contributed by atoms with van der Waals surface area (Å²) in [5.74, 6) is 1.77. The van der Waals surface area contributed by atoms with E-state index in [1.54, 1.807) is 7.11 Å². The summed E-state index contributed by atoms with van der Waals surface area (Å²) < 4.78 is 8.50. The minimum atomic E-state index is 0.841. The number of benzene rings is 3. The van der Waals surface area contributed by atoms with Crippen LogP contribution in [0.25, 0.3) is 28.1 Å². The highest BCUT2D eigenvalue weighted by Crippen LogP contribution is 2.30. The van der Waals surface area contributed by atoms with Crippen molar-refractivity contribution < 1.29 is 4.74 Å². The molecular weight excluding hydrogens is 364 g/mol. The summed E-state index contributed by atoms with van der Waals surface area (Å²) >= 11 is 3.49. The van der Waals surface area contributed by atoms with Gasteiger partial charge in [0.15, 0.2) is 0 Å². The van der Waals surface area contributed by atoms with Crippen molar-refractivity contribution in [3.8, 4) is 22.8 Å². The van der Waals surface area contributed by atoms with Crippen LogP contribution in [0.3, 0.4) is 0 Å². The molecule has 0 fully saturated rings. The second kappa shape index (κ2) is 6.13. The number of rotatable bonds is 3. The van der Waals surface area contributed by atoms with Crippen molar-refractivity contribution in [1.82, 2.24) is 9.55 Å². The first-order valence-electron chi connectivity index (χ1n) is 7.64. The van der Waals surface area contributed by atoms with Crippen molar-refractivity contribution in [3.05, 3.63) is 77.3 Å². The summed E-state index contributed by atoms with van der Waals surface area (Å²) in [7, 11) is 1.68. The van der Waals surface area contributed by atoms with Gasteiger partial charge in [-0.25, -0.2) is 4.98 Å². The Labute approximate surface area is 148 Å². The van der Waals surface area contributed by atoms with Gasteiger partial charge in [0.25, 0.3) is 0 Å². The van der Waals surface area contributed by atoms with Gasteiger partial charge in [-0.15, -0.1) is 0 Å². The molecule has 0 unspecified atom stereocenters. The molecule has 0 aliphatic rings. The fourth-order valence-electron chi connectivity index (χ4n) is 2.81.